The van der Waals surface area contributed by atoms with Gasteiger partial charge in [0.1, 0.15) is 6.33 Å². The van der Waals surface area contributed by atoms with Crippen molar-refractivity contribution in [2.45, 2.75) is 66.2 Å². The lowest BCUT2D eigenvalue weighted by Crippen LogP contribution is -2.18. The Labute approximate surface area is 106 Å². The molecule has 0 amide bonds. The molecular formula is C15H26N2. The summed E-state index contributed by atoms with van der Waals surface area (Å²) in [5.74, 6) is 0. The summed E-state index contributed by atoms with van der Waals surface area (Å²) in [6.07, 6.45) is 5.02. The first kappa shape index (κ1) is 14.1. The van der Waals surface area contributed by atoms with Gasteiger partial charge in [-0.25, -0.2) is 9.97 Å². The molecule has 0 fully saturated rings. The van der Waals surface area contributed by atoms with E-state index in [1.54, 1.807) is 6.33 Å². The average molecular weight is 234 g/mol. The molecule has 0 bridgehead atoms. The van der Waals surface area contributed by atoms with E-state index in [0.29, 0.717) is 5.41 Å². The van der Waals surface area contributed by atoms with Crippen molar-refractivity contribution < 1.29 is 0 Å². The lowest BCUT2D eigenvalue weighted by molar-refractivity contribution is 0.376. The van der Waals surface area contributed by atoms with Crippen LogP contribution in [0.1, 0.15) is 65.8 Å². The summed E-state index contributed by atoms with van der Waals surface area (Å²) in [4.78, 5) is 8.79. The van der Waals surface area contributed by atoms with Crippen LogP contribution >= 0.6 is 0 Å². The predicted molar refractivity (Wildman–Crippen MR) is 73.1 cm³/mol. The number of rotatable bonds is 4. The molecule has 0 unspecified atom stereocenters. The summed E-state index contributed by atoms with van der Waals surface area (Å²) in [6, 6.07) is 2.18. The van der Waals surface area contributed by atoms with Crippen LogP contribution in [-0.4, -0.2) is 9.97 Å². The van der Waals surface area contributed by atoms with Crippen molar-refractivity contribution in [2.75, 3.05) is 0 Å². The summed E-state index contributed by atoms with van der Waals surface area (Å²) in [6.45, 7) is 13.5. The third kappa shape index (κ3) is 4.45. The van der Waals surface area contributed by atoms with Crippen LogP contribution in [0.5, 0.6) is 0 Å². The summed E-state index contributed by atoms with van der Waals surface area (Å²) in [7, 11) is 0. The van der Waals surface area contributed by atoms with Gasteiger partial charge in [0.2, 0.25) is 0 Å². The zero-order chi connectivity index (χ0) is 13.1. The fourth-order valence-corrected chi connectivity index (χ4v) is 1.59. The van der Waals surface area contributed by atoms with Crippen LogP contribution in [0.25, 0.3) is 0 Å². The van der Waals surface area contributed by atoms with E-state index in [-0.39, 0.29) is 5.41 Å². The maximum Gasteiger partial charge on any atom is 0.115 e. The molecule has 0 radical (unpaired) electrons. The topological polar surface area (TPSA) is 25.8 Å². The van der Waals surface area contributed by atoms with Gasteiger partial charge in [-0.15, -0.1) is 0 Å². The molecule has 1 heterocycles. The molecule has 0 spiro atoms. The molecule has 96 valence electrons. The van der Waals surface area contributed by atoms with Crippen molar-refractivity contribution in [2.24, 2.45) is 5.41 Å². The van der Waals surface area contributed by atoms with Crippen LogP contribution < -0.4 is 0 Å². The smallest absolute Gasteiger partial charge is 0.115 e. The summed E-state index contributed by atoms with van der Waals surface area (Å²) < 4.78 is 0. The molecular weight excluding hydrogens is 208 g/mol. The second kappa shape index (κ2) is 5.16. The minimum absolute atomic E-state index is 0.152. The fourth-order valence-electron chi connectivity index (χ4n) is 1.59. The van der Waals surface area contributed by atoms with Crippen molar-refractivity contribution in [3.8, 4) is 0 Å². The van der Waals surface area contributed by atoms with Gasteiger partial charge in [-0.3, -0.25) is 0 Å². The van der Waals surface area contributed by atoms with E-state index in [1.165, 1.54) is 11.4 Å². The van der Waals surface area contributed by atoms with Gasteiger partial charge in [0.15, 0.2) is 0 Å². The first-order valence-electron chi connectivity index (χ1n) is 6.56. The zero-order valence-corrected chi connectivity index (χ0v) is 12.2. The fraction of sp³-hybridized carbons (Fsp3) is 0.733. The third-order valence-corrected chi connectivity index (χ3v) is 3.43. The lowest BCUT2D eigenvalue weighted by Gasteiger charge is -2.22. The van der Waals surface area contributed by atoms with E-state index in [1.807, 2.05) is 0 Å². The monoisotopic (exact) mass is 234 g/mol. The zero-order valence-electron chi connectivity index (χ0n) is 12.2. The van der Waals surface area contributed by atoms with E-state index in [2.05, 4.69) is 57.6 Å². The van der Waals surface area contributed by atoms with E-state index in [0.717, 1.165) is 19.3 Å². The highest BCUT2D eigenvalue weighted by atomic mass is 14.8. The van der Waals surface area contributed by atoms with E-state index >= 15 is 0 Å². The molecule has 1 rings (SSSR count). The Kier molecular flexibility index (Phi) is 4.29. The third-order valence-electron chi connectivity index (χ3n) is 3.43. The number of nitrogens with zero attached hydrogens (tertiary/aromatic N) is 2. The summed E-state index contributed by atoms with van der Waals surface area (Å²) in [5.41, 5.74) is 2.86. The molecule has 0 saturated heterocycles. The highest BCUT2D eigenvalue weighted by molar-refractivity contribution is 5.16. The van der Waals surface area contributed by atoms with E-state index in [9.17, 15) is 0 Å². The van der Waals surface area contributed by atoms with Crippen molar-refractivity contribution >= 4 is 0 Å². The normalized spacial score (nSPS) is 12.8. The molecule has 1 aromatic heterocycles. The average Bonchev–Trinajstić information content (AvgIpc) is 2.26. The molecule has 0 aliphatic carbocycles. The van der Waals surface area contributed by atoms with Gasteiger partial charge in [-0.2, -0.15) is 0 Å². The van der Waals surface area contributed by atoms with Crippen LogP contribution in [0, 0.1) is 5.41 Å². The van der Waals surface area contributed by atoms with Crippen LogP contribution in [-0.2, 0) is 11.8 Å². The lowest BCUT2D eigenvalue weighted by atomic mass is 9.85. The Bertz CT molecular complexity index is 361. The van der Waals surface area contributed by atoms with Gasteiger partial charge in [0, 0.05) is 16.8 Å². The number of hydrogen-bond acceptors (Lipinski definition) is 2. The van der Waals surface area contributed by atoms with Crippen molar-refractivity contribution in [3.63, 3.8) is 0 Å². The van der Waals surface area contributed by atoms with E-state index in [4.69, 9.17) is 0 Å². The Morgan fingerprint density at radius 2 is 1.71 bits per heavy atom. The molecule has 0 aliphatic rings. The van der Waals surface area contributed by atoms with Gasteiger partial charge in [-0.1, -0.05) is 41.5 Å². The van der Waals surface area contributed by atoms with Crippen LogP contribution in [0.15, 0.2) is 12.4 Å². The Morgan fingerprint density at radius 3 is 2.24 bits per heavy atom. The van der Waals surface area contributed by atoms with Gasteiger partial charge in [0.05, 0.1) is 0 Å². The minimum atomic E-state index is 0.152. The number of aryl methyl sites for hydroxylation is 1. The molecule has 0 atom stereocenters. The van der Waals surface area contributed by atoms with Gasteiger partial charge < -0.3 is 0 Å². The standard InChI is InChI=1S/C15H26N2/c1-7-15(5,6)13-10-12(16-11-17-13)8-9-14(2,3)4/h10-11H,7-9H2,1-6H3. The maximum absolute atomic E-state index is 4.42. The molecule has 0 aliphatic heterocycles. The molecule has 0 saturated carbocycles. The van der Waals surface area contributed by atoms with Crippen LogP contribution in [0.4, 0.5) is 0 Å². The molecule has 17 heavy (non-hydrogen) atoms. The second-order valence-corrected chi connectivity index (χ2v) is 6.69. The second-order valence-electron chi connectivity index (χ2n) is 6.69. The van der Waals surface area contributed by atoms with Crippen molar-refractivity contribution in [3.05, 3.63) is 23.8 Å². The van der Waals surface area contributed by atoms with Crippen molar-refractivity contribution in [1.82, 2.24) is 9.97 Å². The van der Waals surface area contributed by atoms with Crippen molar-refractivity contribution in [1.29, 1.82) is 0 Å². The molecule has 0 N–H and O–H groups in total. The Morgan fingerprint density at radius 1 is 1.06 bits per heavy atom. The van der Waals surface area contributed by atoms with Gasteiger partial charge in [-0.05, 0) is 30.7 Å². The molecule has 0 aromatic carbocycles. The molecule has 1 aromatic rings. The number of aromatic nitrogens is 2. The molecule has 2 nitrogen and oxygen atoms in total. The largest absolute Gasteiger partial charge is 0.241 e. The van der Waals surface area contributed by atoms with Gasteiger partial charge in [0.25, 0.3) is 0 Å². The first-order chi connectivity index (χ1) is 7.74. The SMILES string of the molecule is CCC(C)(C)c1cc(CCC(C)(C)C)ncn1. The Hall–Kier alpha value is -0.920. The Balaban J connectivity index is 2.80. The van der Waals surface area contributed by atoms with Gasteiger partial charge >= 0.3 is 0 Å². The highest BCUT2D eigenvalue weighted by Gasteiger charge is 2.20. The molecule has 2 heteroatoms. The minimum Gasteiger partial charge on any atom is -0.241 e. The summed E-state index contributed by atoms with van der Waals surface area (Å²) >= 11 is 0. The predicted octanol–water partition coefficient (Wildman–Crippen LogP) is 4.14. The first-order valence-corrected chi connectivity index (χ1v) is 6.56. The van der Waals surface area contributed by atoms with E-state index < -0.39 is 0 Å². The highest BCUT2D eigenvalue weighted by Crippen LogP contribution is 2.26. The summed E-state index contributed by atoms with van der Waals surface area (Å²) in [5, 5.41) is 0. The quantitative estimate of drug-likeness (QED) is 0.782. The van der Waals surface area contributed by atoms with Crippen LogP contribution in [0.2, 0.25) is 0 Å². The van der Waals surface area contributed by atoms with Crippen LogP contribution in [0.3, 0.4) is 0 Å². The maximum atomic E-state index is 4.42. The number of hydrogen-bond donors (Lipinski definition) is 0.